The van der Waals surface area contributed by atoms with Crippen LogP contribution in [0, 0.1) is 5.92 Å². The smallest absolute Gasteiger partial charge is 0.328 e. The molecule has 2 aromatic rings. The molecule has 2 atom stereocenters. The average molecular weight is 377 g/mol. The lowest BCUT2D eigenvalue weighted by molar-refractivity contribution is -0.146. The van der Waals surface area contributed by atoms with Gasteiger partial charge in [0, 0.05) is 4.88 Å². The maximum absolute atomic E-state index is 12.8. The molecule has 26 heavy (non-hydrogen) atoms. The molecule has 0 spiro atoms. The number of thiophene rings is 1. The Balaban J connectivity index is 1.82. The molecule has 0 aliphatic heterocycles. The van der Waals surface area contributed by atoms with Crippen molar-refractivity contribution in [1.29, 1.82) is 0 Å². The molecule has 3 rings (SSSR count). The summed E-state index contributed by atoms with van der Waals surface area (Å²) in [4.78, 5) is 43.5. The van der Waals surface area contributed by atoms with Gasteiger partial charge >= 0.3 is 5.97 Å². The minimum absolute atomic E-state index is 0.0659. The third-order valence-electron chi connectivity index (χ3n) is 4.99. The molecule has 1 N–H and O–H groups in total. The molecule has 7 nitrogen and oxygen atoms in total. The molecule has 2 aromatic heterocycles. The Morgan fingerprint density at radius 2 is 2.19 bits per heavy atom. The number of aryl methyl sites for hydroxylation is 2. The third-order valence-corrected chi connectivity index (χ3v) is 6.19. The van der Waals surface area contributed by atoms with Crippen molar-refractivity contribution in [3.8, 4) is 0 Å². The van der Waals surface area contributed by atoms with Gasteiger partial charge in [-0.25, -0.2) is 9.78 Å². The fourth-order valence-electron chi connectivity index (χ4n) is 3.30. The highest BCUT2D eigenvalue weighted by atomic mass is 32.1. The largest absolute Gasteiger partial charge is 0.467 e. The number of nitrogens with zero attached hydrogens (tertiary/aromatic N) is 2. The summed E-state index contributed by atoms with van der Waals surface area (Å²) in [5.74, 6) is -0.955. The van der Waals surface area contributed by atoms with Gasteiger partial charge in [0.15, 0.2) is 0 Å². The van der Waals surface area contributed by atoms with Gasteiger partial charge in [-0.05, 0) is 30.7 Å². The Bertz CT molecular complexity index is 902. The molecular formula is C18H23N3O4S. The lowest BCUT2D eigenvalue weighted by atomic mass is 9.99. The first-order valence-electron chi connectivity index (χ1n) is 8.83. The van der Waals surface area contributed by atoms with Crippen molar-refractivity contribution in [1.82, 2.24) is 14.9 Å². The van der Waals surface area contributed by atoms with Crippen LogP contribution in [-0.4, -0.2) is 34.6 Å². The molecule has 0 radical (unpaired) electrons. The normalized spacial score (nSPS) is 15.5. The fraction of sp³-hybridized carbons (Fsp3) is 0.556. The van der Waals surface area contributed by atoms with Crippen molar-refractivity contribution in [2.45, 2.75) is 52.1 Å². The zero-order valence-corrected chi connectivity index (χ0v) is 16.0. The van der Waals surface area contributed by atoms with E-state index in [4.69, 9.17) is 4.74 Å². The molecule has 1 amide bonds. The van der Waals surface area contributed by atoms with E-state index in [1.165, 1.54) is 22.9 Å². The second-order valence-corrected chi connectivity index (χ2v) is 7.75. The summed E-state index contributed by atoms with van der Waals surface area (Å²) in [6, 6.07) is -0.727. The van der Waals surface area contributed by atoms with Gasteiger partial charge in [0.1, 0.15) is 17.4 Å². The first-order valence-corrected chi connectivity index (χ1v) is 9.64. The lowest BCUT2D eigenvalue weighted by Crippen LogP contribution is -2.47. The van der Waals surface area contributed by atoms with Crippen LogP contribution in [0.4, 0.5) is 0 Å². The zero-order chi connectivity index (χ0) is 18.8. The van der Waals surface area contributed by atoms with E-state index in [1.54, 1.807) is 11.3 Å². The SMILES string of the molecule is CCC(C)C(NC(=O)Cn1cnc2sc3c(c2c1=O)CCC3)C(=O)OC. The molecule has 0 aromatic carbocycles. The molecule has 1 aliphatic carbocycles. The number of methoxy groups -OCH3 is 1. The van der Waals surface area contributed by atoms with Crippen LogP contribution in [-0.2, 0) is 33.7 Å². The Hall–Kier alpha value is -2.22. The third kappa shape index (κ3) is 3.38. The second-order valence-electron chi connectivity index (χ2n) is 6.67. The number of carbonyl (C=O) groups is 2. The first-order chi connectivity index (χ1) is 12.5. The number of nitrogens with one attached hydrogen (secondary N) is 1. The van der Waals surface area contributed by atoms with E-state index < -0.39 is 17.9 Å². The summed E-state index contributed by atoms with van der Waals surface area (Å²) in [6.07, 6.45) is 5.06. The molecule has 0 bridgehead atoms. The number of fused-ring (bicyclic) bond motifs is 3. The van der Waals surface area contributed by atoms with Crippen LogP contribution in [0.3, 0.4) is 0 Å². The van der Waals surface area contributed by atoms with Crippen LogP contribution in [0.5, 0.6) is 0 Å². The van der Waals surface area contributed by atoms with Gasteiger partial charge in [0.2, 0.25) is 5.91 Å². The molecule has 0 fully saturated rings. The number of aromatic nitrogens is 2. The van der Waals surface area contributed by atoms with Gasteiger partial charge in [0.25, 0.3) is 5.56 Å². The Morgan fingerprint density at radius 1 is 1.42 bits per heavy atom. The minimum atomic E-state index is -0.727. The number of hydrogen-bond acceptors (Lipinski definition) is 6. The van der Waals surface area contributed by atoms with E-state index in [0.29, 0.717) is 11.8 Å². The van der Waals surface area contributed by atoms with Crippen molar-refractivity contribution in [2.24, 2.45) is 5.92 Å². The maximum atomic E-state index is 12.8. The van der Waals surface area contributed by atoms with E-state index in [-0.39, 0.29) is 18.0 Å². The number of ether oxygens (including phenoxy) is 1. The van der Waals surface area contributed by atoms with E-state index in [9.17, 15) is 14.4 Å². The van der Waals surface area contributed by atoms with Gasteiger partial charge in [0.05, 0.1) is 18.8 Å². The lowest BCUT2D eigenvalue weighted by Gasteiger charge is -2.22. The highest BCUT2D eigenvalue weighted by Gasteiger charge is 2.27. The predicted molar refractivity (Wildman–Crippen MR) is 99.3 cm³/mol. The van der Waals surface area contributed by atoms with Crippen molar-refractivity contribution in [3.63, 3.8) is 0 Å². The molecule has 2 heterocycles. The van der Waals surface area contributed by atoms with Crippen LogP contribution in [0.15, 0.2) is 11.1 Å². The van der Waals surface area contributed by atoms with E-state index in [0.717, 1.165) is 29.7 Å². The van der Waals surface area contributed by atoms with Crippen molar-refractivity contribution >= 4 is 33.4 Å². The van der Waals surface area contributed by atoms with Crippen molar-refractivity contribution in [3.05, 3.63) is 27.1 Å². The summed E-state index contributed by atoms with van der Waals surface area (Å²) >= 11 is 1.57. The Morgan fingerprint density at radius 3 is 2.88 bits per heavy atom. The van der Waals surface area contributed by atoms with Gasteiger partial charge in [-0.3, -0.25) is 14.2 Å². The minimum Gasteiger partial charge on any atom is -0.467 e. The van der Waals surface area contributed by atoms with E-state index in [2.05, 4.69) is 10.3 Å². The van der Waals surface area contributed by atoms with Gasteiger partial charge in [-0.2, -0.15) is 0 Å². The summed E-state index contributed by atoms with van der Waals surface area (Å²) in [7, 11) is 1.30. The fourth-order valence-corrected chi connectivity index (χ4v) is 4.52. The summed E-state index contributed by atoms with van der Waals surface area (Å²) in [5, 5.41) is 3.33. The zero-order valence-electron chi connectivity index (χ0n) is 15.2. The molecule has 2 unspecified atom stereocenters. The molecule has 0 saturated carbocycles. The highest BCUT2D eigenvalue weighted by molar-refractivity contribution is 7.18. The quantitative estimate of drug-likeness (QED) is 0.773. The number of carbonyl (C=O) groups excluding carboxylic acids is 2. The molecule has 8 heteroatoms. The average Bonchev–Trinajstić information content (AvgIpc) is 3.21. The summed E-state index contributed by atoms with van der Waals surface area (Å²) in [6.45, 7) is 3.64. The standard InChI is InChI=1S/C18H23N3O4S/c1-4-10(2)15(18(24)25-3)20-13(22)8-21-9-19-16-14(17(21)23)11-6-5-7-12(11)26-16/h9-10,15H,4-8H2,1-3H3,(H,20,22). The number of esters is 1. The van der Waals surface area contributed by atoms with E-state index >= 15 is 0 Å². The van der Waals surface area contributed by atoms with Crippen LogP contribution in [0.1, 0.15) is 37.1 Å². The highest BCUT2D eigenvalue weighted by Crippen LogP contribution is 2.34. The molecule has 1 aliphatic rings. The summed E-state index contributed by atoms with van der Waals surface area (Å²) < 4.78 is 6.09. The van der Waals surface area contributed by atoms with Gasteiger partial charge in [-0.1, -0.05) is 20.3 Å². The maximum Gasteiger partial charge on any atom is 0.328 e. The van der Waals surface area contributed by atoms with Crippen molar-refractivity contribution in [2.75, 3.05) is 7.11 Å². The Labute approximate surface area is 155 Å². The number of rotatable bonds is 6. The topological polar surface area (TPSA) is 90.3 Å². The van der Waals surface area contributed by atoms with Gasteiger partial charge in [-0.15, -0.1) is 11.3 Å². The Kier molecular flexibility index (Phi) is 5.41. The monoisotopic (exact) mass is 377 g/mol. The molecule has 140 valence electrons. The van der Waals surface area contributed by atoms with Crippen LogP contribution < -0.4 is 10.9 Å². The van der Waals surface area contributed by atoms with Crippen LogP contribution in [0.2, 0.25) is 0 Å². The summed E-state index contributed by atoms with van der Waals surface area (Å²) in [5.41, 5.74) is 0.895. The van der Waals surface area contributed by atoms with Crippen LogP contribution >= 0.6 is 11.3 Å². The number of amides is 1. The molecular weight excluding hydrogens is 354 g/mol. The molecule has 0 saturated heterocycles. The van der Waals surface area contributed by atoms with Crippen molar-refractivity contribution < 1.29 is 14.3 Å². The van der Waals surface area contributed by atoms with Gasteiger partial charge < -0.3 is 10.1 Å². The van der Waals surface area contributed by atoms with Crippen LogP contribution in [0.25, 0.3) is 10.2 Å². The van der Waals surface area contributed by atoms with E-state index in [1.807, 2.05) is 13.8 Å². The first kappa shape index (κ1) is 18.6. The predicted octanol–water partition coefficient (Wildman–Crippen LogP) is 1.65. The second kappa shape index (κ2) is 7.57. The number of hydrogen-bond donors (Lipinski definition) is 1.